The lowest BCUT2D eigenvalue weighted by molar-refractivity contribution is -0.237. The number of rotatable bonds is 6. The van der Waals surface area contributed by atoms with Crippen molar-refractivity contribution in [2.45, 2.75) is 18.7 Å². The van der Waals surface area contributed by atoms with Crippen molar-refractivity contribution < 1.29 is 27.8 Å². The van der Waals surface area contributed by atoms with Crippen molar-refractivity contribution in [3.8, 4) is 0 Å². The molecule has 1 atom stereocenters. The van der Waals surface area contributed by atoms with Crippen LogP contribution in [0, 0.1) is 0 Å². The largest absolute Gasteiger partial charge is 0.502 e. The molecule has 0 aliphatic carbocycles. The molecule has 10 heteroatoms. The molecular weight excluding hydrogens is 407 g/mol. The first-order valence-electron chi connectivity index (χ1n) is 7.19. The number of fused-ring (bicyclic) bond motifs is 1. The van der Waals surface area contributed by atoms with Crippen LogP contribution in [0.3, 0.4) is 0 Å². The van der Waals surface area contributed by atoms with Gasteiger partial charge >= 0.3 is 6.18 Å². The van der Waals surface area contributed by atoms with Crippen LogP contribution >= 0.6 is 15.9 Å². The van der Waals surface area contributed by atoms with E-state index in [4.69, 9.17) is 4.74 Å². The highest BCUT2D eigenvalue weighted by atomic mass is 79.9. The topological polar surface area (TPSA) is 75.9 Å². The Morgan fingerprint density at radius 2 is 2.20 bits per heavy atom. The number of carbonyl (C=O) groups is 1. The zero-order chi connectivity index (χ0) is 18.7. The molecule has 2 rings (SSSR count). The Bertz CT molecular complexity index is 791. The molecule has 0 saturated heterocycles. The maximum Gasteiger partial charge on any atom is 0.422 e. The molecule has 1 amide bonds. The molecule has 25 heavy (non-hydrogen) atoms. The first-order valence-corrected chi connectivity index (χ1v) is 7.98. The second-order valence-corrected chi connectivity index (χ2v) is 5.76. The number of pyridine rings is 1. The maximum atomic E-state index is 13.1. The third kappa shape index (κ3) is 4.13. The Morgan fingerprint density at radius 3 is 2.84 bits per heavy atom. The summed E-state index contributed by atoms with van der Waals surface area (Å²) >= 11 is 3.17. The molecule has 2 aromatic heterocycles. The summed E-state index contributed by atoms with van der Waals surface area (Å²) in [7, 11) is 0. The summed E-state index contributed by atoms with van der Waals surface area (Å²) < 4.78 is 45.9. The number of carbonyl (C=O) groups excluding carboxylic acids is 1. The number of hydrogen-bond donors (Lipinski definition) is 2. The van der Waals surface area contributed by atoms with E-state index >= 15 is 0 Å². The zero-order valence-electron chi connectivity index (χ0n) is 13.0. The highest BCUT2D eigenvalue weighted by molar-refractivity contribution is 9.10. The van der Waals surface area contributed by atoms with Gasteiger partial charge < -0.3 is 15.2 Å². The van der Waals surface area contributed by atoms with Gasteiger partial charge in [-0.1, -0.05) is 6.07 Å². The van der Waals surface area contributed by atoms with Crippen LogP contribution < -0.4 is 5.32 Å². The van der Waals surface area contributed by atoms with Gasteiger partial charge in [-0.2, -0.15) is 13.2 Å². The fourth-order valence-electron chi connectivity index (χ4n) is 1.98. The van der Waals surface area contributed by atoms with E-state index in [9.17, 15) is 23.1 Å². The van der Waals surface area contributed by atoms with E-state index in [0.29, 0.717) is 16.3 Å². The summed E-state index contributed by atoms with van der Waals surface area (Å²) in [6, 6.07) is 4.97. The smallest absolute Gasteiger partial charge is 0.422 e. The van der Waals surface area contributed by atoms with Gasteiger partial charge in [-0.25, -0.2) is 4.98 Å². The molecule has 0 aliphatic heterocycles. The molecule has 2 aromatic rings. The van der Waals surface area contributed by atoms with Crippen LogP contribution in [0.25, 0.3) is 5.52 Å². The molecular formula is C15H15BrF3N3O3. The summed E-state index contributed by atoms with van der Waals surface area (Å²) in [6.45, 7) is 0.647. The van der Waals surface area contributed by atoms with Crippen molar-refractivity contribution in [2.75, 3.05) is 13.2 Å². The quantitative estimate of drug-likeness (QED) is 0.703. The highest BCUT2D eigenvalue weighted by Gasteiger charge is 2.52. The molecule has 2 heterocycles. The predicted molar refractivity (Wildman–Crippen MR) is 87.0 cm³/mol. The van der Waals surface area contributed by atoms with Gasteiger partial charge in [0.05, 0.1) is 24.9 Å². The first kappa shape index (κ1) is 19.3. The van der Waals surface area contributed by atoms with Gasteiger partial charge in [0.1, 0.15) is 0 Å². The van der Waals surface area contributed by atoms with E-state index in [1.807, 2.05) is 0 Å². The number of alkyl halides is 3. The lowest BCUT2D eigenvalue weighted by Gasteiger charge is -2.27. The second-order valence-electron chi connectivity index (χ2n) is 5.05. The molecule has 136 valence electrons. The van der Waals surface area contributed by atoms with Crippen LogP contribution in [0.15, 0.2) is 41.5 Å². The SMILES string of the molecule is CCO/C=C/C(O)(CNC(=O)c1nc(Br)n2ccccc12)C(F)(F)F. The van der Waals surface area contributed by atoms with Crippen LogP contribution in [-0.2, 0) is 4.74 Å². The minimum absolute atomic E-state index is 0.0641. The molecule has 0 fully saturated rings. The van der Waals surface area contributed by atoms with Crippen LogP contribution in [0.5, 0.6) is 0 Å². The van der Waals surface area contributed by atoms with Crippen LogP contribution in [0.4, 0.5) is 13.2 Å². The Morgan fingerprint density at radius 1 is 1.48 bits per heavy atom. The van der Waals surface area contributed by atoms with E-state index in [0.717, 1.165) is 6.26 Å². The number of ether oxygens (including phenoxy) is 1. The van der Waals surface area contributed by atoms with Crippen molar-refractivity contribution in [1.29, 1.82) is 0 Å². The molecule has 1 unspecified atom stereocenters. The van der Waals surface area contributed by atoms with Crippen LogP contribution in [0.1, 0.15) is 17.4 Å². The summed E-state index contributed by atoms with van der Waals surface area (Å²) in [6.07, 6.45) is -2.15. The average Bonchev–Trinajstić information content (AvgIpc) is 2.89. The monoisotopic (exact) mass is 421 g/mol. The lowest BCUT2D eigenvalue weighted by atomic mass is 10.0. The van der Waals surface area contributed by atoms with Crippen molar-refractivity contribution >= 4 is 27.4 Å². The number of amides is 1. The molecule has 0 radical (unpaired) electrons. The Labute approximate surface area is 149 Å². The minimum Gasteiger partial charge on any atom is -0.502 e. The Balaban J connectivity index is 2.21. The highest BCUT2D eigenvalue weighted by Crippen LogP contribution is 2.31. The van der Waals surface area contributed by atoms with Crippen molar-refractivity contribution in [2.24, 2.45) is 0 Å². The van der Waals surface area contributed by atoms with Crippen molar-refractivity contribution in [1.82, 2.24) is 14.7 Å². The lowest BCUT2D eigenvalue weighted by Crippen LogP contribution is -2.52. The van der Waals surface area contributed by atoms with E-state index in [1.165, 1.54) is 0 Å². The normalized spacial score (nSPS) is 14.6. The standard InChI is InChI=1S/C15H15BrF3N3O3/c1-2-25-8-6-14(24,15(17,18)19)9-20-12(23)11-10-5-3-4-7-22(10)13(16)21-11/h3-8,24H,2,9H2,1H3,(H,20,23)/b8-6+. The van der Waals surface area contributed by atoms with Crippen LogP contribution in [-0.4, -0.2) is 45.3 Å². The maximum absolute atomic E-state index is 13.1. The zero-order valence-corrected chi connectivity index (χ0v) is 14.6. The summed E-state index contributed by atoms with van der Waals surface area (Å²) in [5, 5.41) is 11.9. The van der Waals surface area contributed by atoms with Gasteiger partial charge in [-0.15, -0.1) is 0 Å². The number of imidazole rings is 1. The van der Waals surface area contributed by atoms with Gasteiger partial charge in [-0.3, -0.25) is 9.20 Å². The summed E-state index contributed by atoms with van der Waals surface area (Å²) in [4.78, 5) is 16.2. The first-order chi connectivity index (χ1) is 11.7. The third-order valence-corrected chi connectivity index (χ3v) is 3.90. The minimum atomic E-state index is -5.00. The number of aliphatic hydroxyl groups is 1. The van der Waals surface area contributed by atoms with Gasteiger partial charge in [0.25, 0.3) is 5.91 Å². The number of hydrogen-bond acceptors (Lipinski definition) is 4. The predicted octanol–water partition coefficient (Wildman–Crippen LogP) is 2.67. The Kier molecular flexibility index (Phi) is 5.73. The molecule has 0 spiro atoms. The van der Waals surface area contributed by atoms with Crippen molar-refractivity contribution in [3.05, 3.63) is 47.2 Å². The number of nitrogens with one attached hydrogen (secondary N) is 1. The van der Waals surface area contributed by atoms with E-state index in [2.05, 4.69) is 26.2 Å². The fraction of sp³-hybridized carbons (Fsp3) is 0.333. The molecule has 0 saturated carbocycles. The van der Waals surface area contributed by atoms with Gasteiger partial charge in [-0.05, 0) is 41.1 Å². The summed E-state index contributed by atoms with van der Waals surface area (Å²) in [5.41, 5.74) is -2.91. The number of nitrogens with zero attached hydrogens (tertiary/aromatic N) is 2. The third-order valence-electron chi connectivity index (χ3n) is 3.34. The molecule has 2 N–H and O–H groups in total. The molecule has 6 nitrogen and oxygen atoms in total. The summed E-state index contributed by atoms with van der Waals surface area (Å²) in [5.74, 6) is -0.845. The van der Waals surface area contributed by atoms with E-state index < -0.39 is 24.2 Å². The van der Waals surface area contributed by atoms with Gasteiger partial charge in [0.2, 0.25) is 0 Å². The number of aromatic nitrogens is 2. The van der Waals surface area contributed by atoms with Gasteiger partial charge in [0, 0.05) is 6.20 Å². The molecule has 0 aliphatic rings. The van der Waals surface area contributed by atoms with Crippen LogP contribution in [0.2, 0.25) is 0 Å². The number of halogens is 4. The Hall–Kier alpha value is -2.07. The van der Waals surface area contributed by atoms with Gasteiger partial charge in [0.15, 0.2) is 16.0 Å². The van der Waals surface area contributed by atoms with E-state index in [1.54, 1.807) is 35.7 Å². The van der Waals surface area contributed by atoms with E-state index in [-0.39, 0.29) is 12.3 Å². The average molecular weight is 422 g/mol. The second kappa shape index (κ2) is 7.44. The molecule has 0 bridgehead atoms. The molecule has 0 aromatic carbocycles. The fourth-order valence-corrected chi connectivity index (χ4v) is 2.46. The van der Waals surface area contributed by atoms with Crippen molar-refractivity contribution in [3.63, 3.8) is 0 Å².